The fraction of sp³-hybridized carbons (Fsp3) is 0.0667. The van der Waals surface area contributed by atoms with Crippen LogP contribution in [0.2, 0.25) is 5.02 Å². The predicted molar refractivity (Wildman–Crippen MR) is 89.7 cm³/mol. The van der Waals surface area contributed by atoms with Crippen molar-refractivity contribution in [3.05, 3.63) is 64.4 Å². The van der Waals surface area contributed by atoms with E-state index in [-0.39, 0.29) is 17.5 Å². The smallest absolute Gasteiger partial charge is 0.184 e. The molecule has 7 heteroatoms. The van der Waals surface area contributed by atoms with Gasteiger partial charge in [0.2, 0.25) is 0 Å². The summed E-state index contributed by atoms with van der Waals surface area (Å²) in [6, 6.07) is 11.7. The third kappa shape index (κ3) is 4.98. The molecule has 0 atom stereocenters. The second-order valence-corrected chi connectivity index (χ2v) is 5.22. The number of benzene rings is 2. The van der Waals surface area contributed by atoms with Crippen LogP contribution in [0.1, 0.15) is 11.1 Å². The number of rotatable bonds is 5. The molecule has 22 heavy (non-hydrogen) atoms. The van der Waals surface area contributed by atoms with Gasteiger partial charge in [-0.2, -0.15) is 5.10 Å². The Morgan fingerprint density at radius 3 is 2.86 bits per heavy atom. The minimum Gasteiger partial charge on any atom is -0.486 e. The number of halogens is 2. The molecule has 0 bridgehead atoms. The van der Waals surface area contributed by atoms with Crippen LogP contribution in [-0.4, -0.2) is 11.3 Å². The number of nitrogens with one attached hydrogen (secondary N) is 1. The number of ether oxygens (including phenoxy) is 1. The van der Waals surface area contributed by atoms with Crippen molar-refractivity contribution in [1.82, 2.24) is 5.43 Å². The van der Waals surface area contributed by atoms with Crippen LogP contribution >= 0.6 is 23.8 Å². The molecule has 0 saturated carbocycles. The lowest BCUT2D eigenvalue weighted by molar-refractivity contribution is 0.290. The number of nitrogens with two attached hydrogens (primary N) is 1. The Labute approximate surface area is 137 Å². The normalized spacial score (nSPS) is 10.6. The van der Waals surface area contributed by atoms with Crippen molar-refractivity contribution in [2.75, 3.05) is 0 Å². The fourth-order valence-corrected chi connectivity index (χ4v) is 1.94. The average molecular weight is 338 g/mol. The highest BCUT2D eigenvalue weighted by Gasteiger charge is 2.05. The van der Waals surface area contributed by atoms with Crippen molar-refractivity contribution in [2.24, 2.45) is 10.8 Å². The van der Waals surface area contributed by atoms with Crippen molar-refractivity contribution < 1.29 is 9.13 Å². The lowest BCUT2D eigenvalue weighted by Gasteiger charge is -2.08. The van der Waals surface area contributed by atoms with Crippen LogP contribution in [0.5, 0.6) is 5.75 Å². The van der Waals surface area contributed by atoms with Gasteiger partial charge < -0.3 is 10.5 Å². The Hall–Kier alpha value is -2.18. The van der Waals surface area contributed by atoms with E-state index in [2.05, 4.69) is 22.7 Å². The molecule has 2 aromatic rings. The Bertz CT molecular complexity index is 709. The zero-order chi connectivity index (χ0) is 15.9. The molecule has 3 N–H and O–H groups in total. The van der Waals surface area contributed by atoms with Crippen LogP contribution in [0.4, 0.5) is 4.39 Å². The standard InChI is InChI=1S/C15H13ClFN3OS/c16-12-3-1-2-11(6-12)9-21-14-5-4-10(7-13(14)17)8-19-20-15(18)22/h1-8H,9H2,(H3,18,20,22). The van der Waals surface area contributed by atoms with E-state index in [1.54, 1.807) is 18.2 Å². The largest absolute Gasteiger partial charge is 0.486 e. The molecule has 0 spiro atoms. The summed E-state index contributed by atoms with van der Waals surface area (Å²) in [5.41, 5.74) is 9.02. The van der Waals surface area contributed by atoms with E-state index in [0.717, 1.165) is 5.56 Å². The maximum Gasteiger partial charge on any atom is 0.184 e. The van der Waals surface area contributed by atoms with Gasteiger partial charge in [0, 0.05) is 5.02 Å². The summed E-state index contributed by atoms with van der Waals surface area (Å²) < 4.78 is 19.4. The number of hydrogen-bond acceptors (Lipinski definition) is 3. The summed E-state index contributed by atoms with van der Waals surface area (Å²) in [5, 5.41) is 4.40. The van der Waals surface area contributed by atoms with Crippen molar-refractivity contribution in [2.45, 2.75) is 6.61 Å². The van der Waals surface area contributed by atoms with Gasteiger partial charge in [-0.1, -0.05) is 23.7 Å². The van der Waals surface area contributed by atoms with Gasteiger partial charge in [0.25, 0.3) is 0 Å². The molecule has 0 amide bonds. The van der Waals surface area contributed by atoms with E-state index in [1.165, 1.54) is 18.3 Å². The summed E-state index contributed by atoms with van der Waals surface area (Å²) in [6.45, 7) is 0.230. The molecule has 2 aromatic carbocycles. The third-order valence-corrected chi connectivity index (χ3v) is 2.95. The van der Waals surface area contributed by atoms with Gasteiger partial charge in [-0.3, -0.25) is 5.43 Å². The maximum atomic E-state index is 13.9. The van der Waals surface area contributed by atoms with Crippen LogP contribution in [0, 0.1) is 5.82 Å². The van der Waals surface area contributed by atoms with Gasteiger partial charge in [0.15, 0.2) is 16.7 Å². The first-order chi connectivity index (χ1) is 10.5. The summed E-state index contributed by atoms with van der Waals surface area (Å²) in [6.07, 6.45) is 1.41. The molecule has 0 unspecified atom stereocenters. The second-order valence-electron chi connectivity index (χ2n) is 4.34. The quantitative estimate of drug-likeness (QED) is 0.499. The highest BCUT2D eigenvalue weighted by molar-refractivity contribution is 7.80. The van der Waals surface area contributed by atoms with E-state index in [4.69, 9.17) is 22.1 Å². The predicted octanol–water partition coefficient (Wildman–Crippen LogP) is 3.23. The van der Waals surface area contributed by atoms with Crippen LogP contribution in [0.3, 0.4) is 0 Å². The van der Waals surface area contributed by atoms with Crippen molar-refractivity contribution in [1.29, 1.82) is 0 Å². The molecule has 0 aromatic heterocycles. The topological polar surface area (TPSA) is 59.6 Å². The summed E-state index contributed by atoms with van der Waals surface area (Å²) in [7, 11) is 0. The van der Waals surface area contributed by atoms with E-state index < -0.39 is 5.82 Å². The molecular weight excluding hydrogens is 325 g/mol. The lowest BCUT2D eigenvalue weighted by Crippen LogP contribution is -2.23. The lowest BCUT2D eigenvalue weighted by atomic mass is 10.2. The molecule has 0 saturated heterocycles. The van der Waals surface area contributed by atoms with Gasteiger partial charge in [0.05, 0.1) is 6.21 Å². The number of nitrogens with zero attached hydrogens (tertiary/aromatic N) is 1. The molecule has 0 radical (unpaired) electrons. The zero-order valence-electron chi connectivity index (χ0n) is 11.4. The third-order valence-electron chi connectivity index (χ3n) is 2.63. The van der Waals surface area contributed by atoms with E-state index in [1.807, 2.05) is 12.1 Å². The van der Waals surface area contributed by atoms with E-state index in [9.17, 15) is 4.39 Å². The zero-order valence-corrected chi connectivity index (χ0v) is 13.0. The maximum absolute atomic E-state index is 13.9. The molecule has 4 nitrogen and oxygen atoms in total. The van der Waals surface area contributed by atoms with Crippen LogP contribution in [-0.2, 0) is 6.61 Å². The van der Waals surface area contributed by atoms with Gasteiger partial charge in [-0.15, -0.1) is 0 Å². The Morgan fingerprint density at radius 1 is 1.36 bits per heavy atom. The van der Waals surface area contributed by atoms with Gasteiger partial charge in [-0.25, -0.2) is 4.39 Å². The first-order valence-corrected chi connectivity index (χ1v) is 7.08. The molecule has 114 valence electrons. The first-order valence-electron chi connectivity index (χ1n) is 6.30. The highest BCUT2D eigenvalue weighted by Crippen LogP contribution is 2.20. The summed E-state index contributed by atoms with van der Waals surface area (Å²) in [4.78, 5) is 0. The van der Waals surface area contributed by atoms with E-state index >= 15 is 0 Å². The van der Waals surface area contributed by atoms with E-state index in [0.29, 0.717) is 10.6 Å². The number of hydrogen-bond donors (Lipinski definition) is 2. The van der Waals surface area contributed by atoms with Crippen LogP contribution in [0.15, 0.2) is 47.6 Å². The summed E-state index contributed by atoms with van der Waals surface area (Å²) >= 11 is 10.5. The number of hydrazone groups is 1. The molecule has 0 aliphatic rings. The fourth-order valence-electron chi connectivity index (χ4n) is 1.67. The average Bonchev–Trinajstić information content (AvgIpc) is 2.46. The van der Waals surface area contributed by atoms with Crippen molar-refractivity contribution in [3.63, 3.8) is 0 Å². The Balaban J connectivity index is 2.00. The highest BCUT2D eigenvalue weighted by atomic mass is 35.5. The second kappa shape index (κ2) is 7.72. The van der Waals surface area contributed by atoms with Crippen LogP contribution < -0.4 is 15.9 Å². The van der Waals surface area contributed by atoms with Crippen molar-refractivity contribution in [3.8, 4) is 5.75 Å². The number of thiocarbonyl (C=S) groups is 1. The van der Waals surface area contributed by atoms with Crippen molar-refractivity contribution >= 4 is 35.1 Å². The van der Waals surface area contributed by atoms with Gasteiger partial charge in [-0.05, 0) is 53.7 Å². The molecule has 0 aliphatic heterocycles. The monoisotopic (exact) mass is 337 g/mol. The molecule has 2 rings (SSSR count). The minimum atomic E-state index is -0.485. The minimum absolute atomic E-state index is 0.0400. The first kappa shape index (κ1) is 16.2. The Morgan fingerprint density at radius 2 is 2.18 bits per heavy atom. The molecule has 0 heterocycles. The molecule has 0 fully saturated rings. The van der Waals surface area contributed by atoms with Gasteiger partial charge in [0.1, 0.15) is 6.61 Å². The van der Waals surface area contributed by atoms with Gasteiger partial charge >= 0.3 is 0 Å². The Kier molecular flexibility index (Phi) is 5.68. The van der Waals surface area contributed by atoms with Crippen LogP contribution in [0.25, 0.3) is 0 Å². The summed E-state index contributed by atoms with van der Waals surface area (Å²) in [5.74, 6) is -0.333. The molecular formula is C15H13ClFN3OS. The SMILES string of the molecule is NC(=S)NN=Cc1ccc(OCc2cccc(Cl)c2)c(F)c1. The molecule has 0 aliphatic carbocycles.